The van der Waals surface area contributed by atoms with Crippen LogP contribution in [0.25, 0.3) is 5.65 Å². The summed E-state index contributed by atoms with van der Waals surface area (Å²) in [6, 6.07) is 11.1. The topological polar surface area (TPSA) is 77.2 Å². The van der Waals surface area contributed by atoms with E-state index < -0.39 is 6.09 Å². The van der Waals surface area contributed by atoms with Crippen molar-refractivity contribution >= 4 is 17.6 Å². The van der Waals surface area contributed by atoms with E-state index in [9.17, 15) is 9.90 Å². The number of rotatable bonds is 5. The fraction of sp³-hybridized carbons (Fsp3) is 0.581. The molecule has 0 saturated carbocycles. The normalized spacial score (nSPS) is 22.5. The van der Waals surface area contributed by atoms with Crippen LogP contribution in [0.2, 0.25) is 0 Å². The Bertz CT molecular complexity index is 1320. The van der Waals surface area contributed by atoms with Gasteiger partial charge in [-0.2, -0.15) is 0 Å². The molecule has 39 heavy (non-hydrogen) atoms. The van der Waals surface area contributed by atoms with Crippen molar-refractivity contribution in [3.05, 3.63) is 59.7 Å². The van der Waals surface area contributed by atoms with Gasteiger partial charge in [0.05, 0.1) is 17.4 Å². The van der Waals surface area contributed by atoms with E-state index in [1.807, 2.05) is 27.0 Å². The van der Waals surface area contributed by atoms with Crippen LogP contribution in [0.4, 0.5) is 10.6 Å². The van der Waals surface area contributed by atoms with E-state index in [0.717, 1.165) is 56.8 Å². The number of hydrogen-bond acceptors (Lipinski definition) is 5. The van der Waals surface area contributed by atoms with Crippen LogP contribution in [0.5, 0.6) is 0 Å². The number of hydrogen-bond donors (Lipinski definition) is 1. The molecule has 208 valence electrons. The lowest BCUT2D eigenvalue weighted by Crippen LogP contribution is -2.49. The first kappa shape index (κ1) is 26.1. The van der Waals surface area contributed by atoms with Gasteiger partial charge >= 0.3 is 6.09 Å². The summed E-state index contributed by atoms with van der Waals surface area (Å²) in [4.78, 5) is 28.4. The minimum absolute atomic E-state index is 0.383. The number of pyridine rings is 2. The number of amides is 1. The standard InChI is InChI=1S/C31H42N6O2/c1-31(2,3)37(30(38)39)19-22-13-17-34(18-14-22)27-10-4-9-26-33-25(21-36(26)27)20-35-16-6-8-24-12-11-23-7-5-15-32-28(23)29(24)35/h4-5,7,9-10,15,21-22,24,29H,6,8,11-14,16-20H2,1-3H3,(H,38,39)/t24-,29-/m0/s1. The van der Waals surface area contributed by atoms with Crippen LogP contribution in [0.1, 0.15) is 75.9 Å². The number of carbonyl (C=O) groups is 1. The smallest absolute Gasteiger partial charge is 0.407 e. The summed E-state index contributed by atoms with van der Waals surface area (Å²) in [7, 11) is 0. The van der Waals surface area contributed by atoms with Crippen molar-refractivity contribution in [1.29, 1.82) is 0 Å². The van der Waals surface area contributed by atoms with Crippen molar-refractivity contribution in [2.75, 3.05) is 31.1 Å². The average molecular weight is 531 g/mol. The second-order valence-electron chi connectivity index (χ2n) is 12.7. The fourth-order valence-electron chi connectivity index (χ4n) is 7.13. The number of piperidine rings is 2. The Morgan fingerprint density at radius 3 is 2.67 bits per heavy atom. The van der Waals surface area contributed by atoms with Crippen LogP contribution in [0, 0.1) is 11.8 Å². The largest absolute Gasteiger partial charge is 0.465 e. The molecule has 0 spiro atoms. The summed E-state index contributed by atoms with van der Waals surface area (Å²) in [5, 5.41) is 9.72. The van der Waals surface area contributed by atoms with Gasteiger partial charge in [-0.25, -0.2) is 9.78 Å². The second kappa shape index (κ2) is 10.5. The Morgan fingerprint density at radius 2 is 1.90 bits per heavy atom. The van der Waals surface area contributed by atoms with Crippen molar-refractivity contribution in [3.8, 4) is 0 Å². The molecule has 2 aliphatic heterocycles. The summed E-state index contributed by atoms with van der Waals surface area (Å²) in [6.07, 6.45) is 10.3. The van der Waals surface area contributed by atoms with Gasteiger partial charge in [-0.05, 0) is 101 Å². The zero-order chi connectivity index (χ0) is 27.1. The van der Waals surface area contributed by atoms with Crippen LogP contribution in [0.15, 0.2) is 42.7 Å². The van der Waals surface area contributed by atoms with E-state index in [4.69, 9.17) is 9.97 Å². The van der Waals surface area contributed by atoms with E-state index in [2.05, 4.69) is 50.7 Å². The predicted molar refractivity (Wildman–Crippen MR) is 153 cm³/mol. The molecule has 3 aromatic rings. The summed E-state index contributed by atoms with van der Waals surface area (Å²) < 4.78 is 2.25. The maximum absolute atomic E-state index is 11.8. The lowest BCUT2D eigenvalue weighted by Gasteiger charge is -2.44. The highest BCUT2D eigenvalue weighted by Gasteiger charge is 2.38. The lowest BCUT2D eigenvalue weighted by atomic mass is 9.77. The van der Waals surface area contributed by atoms with Crippen molar-refractivity contribution in [1.82, 2.24) is 24.2 Å². The van der Waals surface area contributed by atoms with Gasteiger partial charge in [-0.1, -0.05) is 12.1 Å². The van der Waals surface area contributed by atoms with E-state index in [-0.39, 0.29) is 5.54 Å². The number of likely N-dealkylation sites (tertiary alicyclic amines) is 1. The Morgan fingerprint density at radius 1 is 1.08 bits per heavy atom. The molecule has 0 aromatic carbocycles. The van der Waals surface area contributed by atoms with E-state index in [1.54, 1.807) is 4.90 Å². The Kier molecular flexibility index (Phi) is 7.00. The van der Waals surface area contributed by atoms with Gasteiger partial charge in [0.25, 0.3) is 0 Å². The Balaban J connectivity index is 1.17. The first-order valence-electron chi connectivity index (χ1n) is 14.7. The molecule has 8 heteroatoms. The molecule has 6 rings (SSSR count). The molecule has 3 aliphatic rings. The van der Waals surface area contributed by atoms with Crippen molar-refractivity contribution in [3.63, 3.8) is 0 Å². The monoisotopic (exact) mass is 530 g/mol. The first-order valence-corrected chi connectivity index (χ1v) is 14.7. The van der Waals surface area contributed by atoms with Crippen molar-refractivity contribution in [2.24, 2.45) is 11.8 Å². The zero-order valence-corrected chi connectivity index (χ0v) is 23.6. The quantitative estimate of drug-likeness (QED) is 0.461. The third-order valence-corrected chi connectivity index (χ3v) is 9.16. The van der Waals surface area contributed by atoms with Gasteiger partial charge in [0.1, 0.15) is 11.5 Å². The van der Waals surface area contributed by atoms with Crippen LogP contribution < -0.4 is 4.90 Å². The Hall–Kier alpha value is -3.13. The van der Waals surface area contributed by atoms with Crippen LogP contribution in [0.3, 0.4) is 0 Å². The molecular formula is C31H42N6O2. The molecule has 2 fully saturated rings. The number of anilines is 1. The summed E-state index contributed by atoms with van der Waals surface area (Å²) >= 11 is 0. The second-order valence-corrected chi connectivity index (χ2v) is 12.7. The zero-order valence-electron chi connectivity index (χ0n) is 23.6. The highest BCUT2D eigenvalue weighted by molar-refractivity contribution is 5.66. The third-order valence-electron chi connectivity index (χ3n) is 9.16. The molecule has 0 bridgehead atoms. The molecule has 1 aliphatic carbocycles. The highest BCUT2D eigenvalue weighted by Crippen LogP contribution is 2.43. The summed E-state index contributed by atoms with van der Waals surface area (Å²) in [5.74, 6) is 2.25. The highest BCUT2D eigenvalue weighted by atomic mass is 16.4. The number of aromatic nitrogens is 3. The predicted octanol–water partition coefficient (Wildman–Crippen LogP) is 5.62. The van der Waals surface area contributed by atoms with Gasteiger partial charge in [-0.15, -0.1) is 0 Å². The molecule has 2 saturated heterocycles. The molecule has 1 N–H and O–H groups in total. The molecule has 5 heterocycles. The van der Waals surface area contributed by atoms with Gasteiger partial charge in [0.2, 0.25) is 0 Å². The van der Waals surface area contributed by atoms with Gasteiger partial charge in [0.15, 0.2) is 0 Å². The number of nitrogens with zero attached hydrogens (tertiary/aromatic N) is 6. The molecule has 2 atom stereocenters. The average Bonchev–Trinajstić information content (AvgIpc) is 3.34. The van der Waals surface area contributed by atoms with Crippen LogP contribution in [-0.2, 0) is 13.0 Å². The maximum atomic E-state index is 11.8. The van der Waals surface area contributed by atoms with Crippen LogP contribution in [-0.4, -0.2) is 67.1 Å². The first-order chi connectivity index (χ1) is 18.8. The third kappa shape index (κ3) is 5.23. The lowest BCUT2D eigenvalue weighted by molar-refractivity contribution is 0.0687. The molecular weight excluding hydrogens is 488 g/mol. The number of fused-ring (bicyclic) bond motifs is 4. The SMILES string of the molecule is CC(C)(C)N(CC1CCN(c2cccc3nc(CN4CCC[C@H]5CCc6cccnc6[C@H]54)cn23)CC1)C(=O)O. The molecule has 8 nitrogen and oxygen atoms in total. The van der Waals surface area contributed by atoms with E-state index >= 15 is 0 Å². The molecule has 0 unspecified atom stereocenters. The minimum Gasteiger partial charge on any atom is -0.465 e. The van der Waals surface area contributed by atoms with Crippen LogP contribution >= 0.6 is 0 Å². The number of imidazole rings is 1. The molecule has 1 amide bonds. The molecule has 0 radical (unpaired) electrons. The van der Waals surface area contributed by atoms with Crippen molar-refractivity contribution < 1.29 is 9.90 Å². The van der Waals surface area contributed by atoms with Gasteiger partial charge < -0.3 is 14.9 Å². The number of aryl methyl sites for hydroxylation is 1. The van der Waals surface area contributed by atoms with Gasteiger partial charge in [-0.3, -0.25) is 14.3 Å². The van der Waals surface area contributed by atoms with E-state index in [0.29, 0.717) is 24.4 Å². The van der Waals surface area contributed by atoms with Gasteiger partial charge in [0, 0.05) is 44.1 Å². The maximum Gasteiger partial charge on any atom is 0.407 e. The Labute approximate surface area is 231 Å². The summed E-state index contributed by atoms with van der Waals surface area (Å²) in [6.45, 7) is 10.3. The summed E-state index contributed by atoms with van der Waals surface area (Å²) in [5.41, 5.74) is 4.42. The molecule has 3 aromatic heterocycles. The minimum atomic E-state index is -0.826. The van der Waals surface area contributed by atoms with Crippen molar-refractivity contribution in [2.45, 2.75) is 77.4 Å². The number of carboxylic acid groups (broad SMARTS) is 1. The fourth-order valence-corrected chi connectivity index (χ4v) is 7.13. The van der Waals surface area contributed by atoms with E-state index in [1.165, 1.54) is 36.3 Å².